The van der Waals surface area contributed by atoms with Gasteiger partial charge in [0, 0.05) is 11.0 Å². The van der Waals surface area contributed by atoms with Gasteiger partial charge in [0.15, 0.2) is 0 Å². The van der Waals surface area contributed by atoms with E-state index in [0.29, 0.717) is 6.54 Å². The number of hydrogen-bond acceptors (Lipinski definition) is 3. The van der Waals surface area contributed by atoms with Crippen molar-refractivity contribution < 1.29 is 19.4 Å². The Balaban J connectivity index is 2.29. The van der Waals surface area contributed by atoms with Crippen LogP contribution in [0.3, 0.4) is 0 Å². The maximum absolute atomic E-state index is 11.3. The van der Waals surface area contributed by atoms with E-state index in [2.05, 4.69) is 26.0 Å². The van der Waals surface area contributed by atoms with Crippen LogP contribution < -0.4 is 5.32 Å². The smallest absolute Gasteiger partial charge is 0.329 e. The zero-order valence-corrected chi connectivity index (χ0v) is 10.6. The minimum Gasteiger partial charge on any atom is -0.480 e. The first-order chi connectivity index (χ1) is 8.09. The van der Waals surface area contributed by atoms with Crippen molar-refractivity contribution in [2.45, 2.75) is 6.54 Å². The second-order valence-corrected chi connectivity index (χ2v) is 4.11. The van der Waals surface area contributed by atoms with Crippen LogP contribution in [0.5, 0.6) is 0 Å². The van der Waals surface area contributed by atoms with Gasteiger partial charge in [-0.25, -0.2) is 4.79 Å². The van der Waals surface area contributed by atoms with Gasteiger partial charge in [0.2, 0.25) is 5.91 Å². The van der Waals surface area contributed by atoms with E-state index in [4.69, 9.17) is 5.11 Å². The Bertz CT molecular complexity index is 408. The number of hydrogen-bond donors (Lipinski definition) is 2. The molecular formula is C11H12BrNO4. The predicted molar refractivity (Wildman–Crippen MR) is 64.4 cm³/mol. The van der Waals surface area contributed by atoms with Crippen LogP contribution in [0.15, 0.2) is 28.7 Å². The van der Waals surface area contributed by atoms with Crippen LogP contribution in [0, 0.1) is 0 Å². The molecule has 0 spiro atoms. The second-order valence-electron chi connectivity index (χ2n) is 3.25. The minimum absolute atomic E-state index is 0.253. The molecule has 0 fully saturated rings. The Kier molecular flexibility index (Phi) is 5.65. The molecule has 0 aliphatic carbocycles. The molecule has 0 saturated carbocycles. The lowest BCUT2D eigenvalue weighted by molar-refractivity contribution is -0.143. The summed E-state index contributed by atoms with van der Waals surface area (Å²) in [6, 6.07) is 7.50. The average molecular weight is 302 g/mol. The van der Waals surface area contributed by atoms with E-state index in [9.17, 15) is 9.59 Å². The Morgan fingerprint density at radius 2 is 2.00 bits per heavy atom. The largest absolute Gasteiger partial charge is 0.480 e. The summed E-state index contributed by atoms with van der Waals surface area (Å²) in [5.41, 5.74) is 0.944. The lowest BCUT2D eigenvalue weighted by atomic mass is 10.2. The number of carboxylic acid groups (broad SMARTS) is 1. The molecule has 2 N–H and O–H groups in total. The number of benzene rings is 1. The van der Waals surface area contributed by atoms with E-state index < -0.39 is 12.6 Å². The lowest BCUT2D eigenvalue weighted by Gasteiger charge is -2.06. The van der Waals surface area contributed by atoms with Gasteiger partial charge in [0.1, 0.15) is 13.2 Å². The zero-order valence-electron chi connectivity index (χ0n) is 8.98. The predicted octanol–water partition coefficient (Wildman–Crippen LogP) is 1.17. The van der Waals surface area contributed by atoms with Crippen LogP contribution in [0.1, 0.15) is 5.56 Å². The van der Waals surface area contributed by atoms with Crippen LogP contribution in [0.25, 0.3) is 0 Å². The number of amides is 1. The van der Waals surface area contributed by atoms with Crippen LogP contribution in [-0.4, -0.2) is 30.2 Å². The summed E-state index contributed by atoms with van der Waals surface area (Å²) in [5.74, 6) is -1.44. The van der Waals surface area contributed by atoms with E-state index in [1.807, 2.05) is 24.3 Å². The number of ether oxygens (including phenoxy) is 1. The van der Waals surface area contributed by atoms with E-state index in [1.54, 1.807) is 0 Å². The van der Waals surface area contributed by atoms with Crippen LogP contribution in [0.2, 0.25) is 0 Å². The van der Waals surface area contributed by atoms with Crippen molar-refractivity contribution in [3.63, 3.8) is 0 Å². The van der Waals surface area contributed by atoms with Crippen molar-refractivity contribution in [1.29, 1.82) is 0 Å². The van der Waals surface area contributed by atoms with Gasteiger partial charge >= 0.3 is 5.97 Å². The molecule has 1 amide bonds. The molecule has 0 atom stereocenters. The third kappa shape index (κ3) is 5.46. The molecule has 0 aromatic heterocycles. The van der Waals surface area contributed by atoms with Gasteiger partial charge in [-0.1, -0.05) is 34.1 Å². The summed E-state index contributed by atoms with van der Waals surface area (Å²) in [4.78, 5) is 21.4. The number of carbonyl (C=O) groups is 2. The highest BCUT2D eigenvalue weighted by molar-refractivity contribution is 9.10. The summed E-state index contributed by atoms with van der Waals surface area (Å²) < 4.78 is 5.56. The van der Waals surface area contributed by atoms with Crippen LogP contribution in [-0.2, 0) is 20.9 Å². The molecule has 92 valence electrons. The van der Waals surface area contributed by atoms with E-state index in [0.717, 1.165) is 10.0 Å². The SMILES string of the molecule is O=C(O)COCC(=O)NCc1ccccc1Br. The summed E-state index contributed by atoms with van der Waals surface area (Å²) in [6.45, 7) is -0.351. The fourth-order valence-corrected chi connectivity index (χ4v) is 1.54. The van der Waals surface area contributed by atoms with Crippen LogP contribution >= 0.6 is 15.9 Å². The fraction of sp³-hybridized carbons (Fsp3) is 0.273. The molecule has 1 aromatic carbocycles. The Morgan fingerprint density at radius 3 is 2.65 bits per heavy atom. The van der Waals surface area contributed by atoms with Crippen molar-refractivity contribution >= 4 is 27.8 Å². The highest BCUT2D eigenvalue weighted by atomic mass is 79.9. The topological polar surface area (TPSA) is 75.6 Å². The lowest BCUT2D eigenvalue weighted by Crippen LogP contribution is -2.28. The molecule has 0 aliphatic heterocycles. The molecular weight excluding hydrogens is 290 g/mol. The Labute approximate surface area is 107 Å². The molecule has 0 heterocycles. The third-order valence-electron chi connectivity index (χ3n) is 1.89. The monoisotopic (exact) mass is 301 g/mol. The molecule has 1 rings (SSSR count). The fourth-order valence-electron chi connectivity index (χ4n) is 1.12. The van der Waals surface area contributed by atoms with Gasteiger partial charge in [0.25, 0.3) is 0 Å². The Hall–Kier alpha value is -1.40. The summed E-state index contributed by atoms with van der Waals surface area (Å²) in [7, 11) is 0. The average Bonchev–Trinajstić information content (AvgIpc) is 2.27. The quantitative estimate of drug-likeness (QED) is 0.827. The first-order valence-corrected chi connectivity index (χ1v) is 5.68. The number of nitrogens with one attached hydrogen (secondary N) is 1. The van der Waals surface area contributed by atoms with Crippen molar-refractivity contribution in [1.82, 2.24) is 5.32 Å². The first kappa shape index (κ1) is 13.7. The maximum atomic E-state index is 11.3. The van der Waals surface area contributed by atoms with Crippen LogP contribution in [0.4, 0.5) is 0 Å². The van der Waals surface area contributed by atoms with Crippen molar-refractivity contribution in [3.8, 4) is 0 Å². The van der Waals surface area contributed by atoms with E-state index in [-0.39, 0.29) is 12.5 Å². The van der Waals surface area contributed by atoms with Gasteiger partial charge in [-0.2, -0.15) is 0 Å². The number of aliphatic carboxylic acids is 1. The van der Waals surface area contributed by atoms with Gasteiger partial charge in [-0.3, -0.25) is 4.79 Å². The molecule has 0 aliphatic rings. The standard InChI is InChI=1S/C11H12BrNO4/c12-9-4-2-1-3-8(9)5-13-10(14)6-17-7-11(15)16/h1-4H,5-7H2,(H,13,14)(H,15,16). The van der Waals surface area contributed by atoms with E-state index in [1.165, 1.54) is 0 Å². The molecule has 6 heteroatoms. The van der Waals surface area contributed by atoms with Gasteiger partial charge < -0.3 is 15.2 Å². The summed E-state index contributed by atoms with van der Waals surface area (Å²) in [5, 5.41) is 10.9. The molecule has 0 bridgehead atoms. The van der Waals surface area contributed by atoms with Gasteiger partial charge in [-0.15, -0.1) is 0 Å². The molecule has 5 nitrogen and oxygen atoms in total. The van der Waals surface area contributed by atoms with Crippen molar-refractivity contribution in [3.05, 3.63) is 34.3 Å². The van der Waals surface area contributed by atoms with Crippen molar-refractivity contribution in [2.24, 2.45) is 0 Å². The summed E-state index contributed by atoms with van der Waals surface area (Å²) >= 11 is 3.36. The normalized spacial score (nSPS) is 9.94. The number of rotatable bonds is 6. The van der Waals surface area contributed by atoms with Gasteiger partial charge in [-0.05, 0) is 11.6 Å². The second kappa shape index (κ2) is 7.03. The first-order valence-electron chi connectivity index (χ1n) is 4.89. The molecule has 17 heavy (non-hydrogen) atoms. The van der Waals surface area contributed by atoms with Crippen molar-refractivity contribution in [2.75, 3.05) is 13.2 Å². The zero-order chi connectivity index (χ0) is 12.7. The maximum Gasteiger partial charge on any atom is 0.329 e. The summed E-state index contributed by atoms with van der Waals surface area (Å²) in [6.07, 6.45) is 0. The van der Waals surface area contributed by atoms with E-state index >= 15 is 0 Å². The number of carboxylic acids is 1. The highest BCUT2D eigenvalue weighted by Crippen LogP contribution is 2.15. The highest BCUT2D eigenvalue weighted by Gasteiger charge is 2.04. The minimum atomic E-state index is -1.09. The molecule has 0 radical (unpaired) electrons. The third-order valence-corrected chi connectivity index (χ3v) is 2.67. The molecule has 1 aromatic rings. The van der Waals surface area contributed by atoms with Gasteiger partial charge in [0.05, 0.1) is 0 Å². The molecule has 0 saturated heterocycles. The number of carbonyl (C=O) groups excluding carboxylic acids is 1. The Morgan fingerprint density at radius 1 is 1.29 bits per heavy atom. The molecule has 0 unspecified atom stereocenters. The number of halogens is 1.